The molecule has 0 unspecified atom stereocenters. The maximum atomic E-state index is 5.24. The fraction of sp³-hybridized carbons (Fsp3) is 0.438. The van der Waals surface area contributed by atoms with Gasteiger partial charge in [-0.05, 0) is 31.4 Å². The number of anilines is 1. The van der Waals surface area contributed by atoms with E-state index in [1.54, 1.807) is 0 Å². The second kappa shape index (κ2) is 6.28. The van der Waals surface area contributed by atoms with Crippen LogP contribution >= 0.6 is 0 Å². The van der Waals surface area contributed by atoms with Crippen LogP contribution in [0.4, 0.5) is 5.82 Å². The molecular formula is C16H20N6O. The van der Waals surface area contributed by atoms with E-state index in [4.69, 9.17) is 4.52 Å². The molecule has 3 aromatic heterocycles. The lowest BCUT2D eigenvalue weighted by molar-refractivity contribution is 0.359. The molecule has 0 atom stereocenters. The minimum atomic E-state index is 0.445. The Labute approximate surface area is 134 Å². The van der Waals surface area contributed by atoms with E-state index in [1.807, 2.05) is 19.9 Å². The SMILES string of the molecule is Cc1cc(C)c2c(NCc3noc(CC(C)C)n3)ncnc2n1. The molecule has 0 aliphatic rings. The van der Waals surface area contributed by atoms with Gasteiger partial charge in [0.25, 0.3) is 0 Å². The average Bonchev–Trinajstić information content (AvgIpc) is 2.91. The van der Waals surface area contributed by atoms with Gasteiger partial charge < -0.3 is 9.84 Å². The van der Waals surface area contributed by atoms with Gasteiger partial charge in [0.05, 0.1) is 11.9 Å². The van der Waals surface area contributed by atoms with E-state index in [0.717, 1.165) is 28.9 Å². The van der Waals surface area contributed by atoms with Gasteiger partial charge >= 0.3 is 0 Å². The minimum absolute atomic E-state index is 0.445. The molecule has 0 amide bonds. The van der Waals surface area contributed by atoms with Crippen LogP contribution in [0.2, 0.25) is 0 Å². The van der Waals surface area contributed by atoms with Crippen molar-refractivity contribution in [1.29, 1.82) is 0 Å². The number of aromatic nitrogens is 5. The van der Waals surface area contributed by atoms with Crippen molar-refractivity contribution in [3.8, 4) is 0 Å². The van der Waals surface area contributed by atoms with E-state index in [-0.39, 0.29) is 0 Å². The Hall–Kier alpha value is -2.57. The number of nitrogens with zero attached hydrogens (tertiary/aromatic N) is 5. The molecule has 7 heteroatoms. The first-order chi connectivity index (χ1) is 11.0. The summed E-state index contributed by atoms with van der Waals surface area (Å²) in [6.07, 6.45) is 2.29. The summed E-state index contributed by atoms with van der Waals surface area (Å²) in [5.74, 6) is 2.50. The zero-order valence-corrected chi connectivity index (χ0v) is 13.8. The molecule has 1 N–H and O–H groups in total. The highest BCUT2D eigenvalue weighted by molar-refractivity contribution is 5.89. The average molecular weight is 312 g/mol. The van der Waals surface area contributed by atoms with Gasteiger partial charge in [-0.2, -0.15) is 4.98 Å². The molecule has 3 rings (SSSR count). The van der Waals surface area contributed by atoms with E-state index in [0.29, 0.717) is 29.8 Å². The van der Waals surface area contributed by atoms with Crippen molar-refractivity contribution in [3.05, 3.63) is 35.4 Å². The van der Waals surface area contributed by atoms with Crippen molar-refractivity contribution in [2.24, 2.45) is 5.92 Å². The van der Waals surface area contributed by atoms with Crippen molar-refractivity contribution in [2.75, 3.05) is 5.32 Å². The number of rotatable bonds is 5. The van der Waals surface area contributed by atoms with Crippen LogP contribution in [0, 0.1) is 19.8 Å². The Balaban J connectivity index is 1.81. The van der Waals surface area contributed by atoms with Gasteiger partial charge in [0.1, 0.15) is 12.1 Å². The quantitative estimate of drug-likeness (QED) is 0.774. The number of hydrogen-bond acceptors (Lipinski definition) is 7. The predicted octanol–water partition coefficient (Wildman–Crippen LogP) is 2.84. The largest absolute Gasteiger partial charge is 0.362 e. The first-order valence-corrected chi connectivity index (χ1v) is 7.67. The Morgan fingerprint density at radius 2 is 2.00 bits per heavy atom. The molecule has 0 aromatic carbocycles. The van der Waals surface area contributed by atoms with Crippen molar-refractivity contribution < 1.29 is 4.52 Å². The summed E-state index contributed by atoms with van der Waals surface area (Å²) in [4.78, 5) is 17.4. The van der Waals surface area contributed by atoms with Gasteiger partial charge in [-0.15, -0.1) is 0 Å². The molecule has 0 saturated carbocycles. The molecule has 23 heavy (non-hydrogen) atoms. The zero-order chi connectivity index (χ0) is 16.4. The van der Waals surface area contributed by atoms with E-state index in [1.165, 1.54) is 6.33 Å². The lowest BCUT2D eigenvalue weighted by Gasteiger charge is -2.08. The lowest BCUT2D eigenvalue weighted by Crippen LogP contribution is -2.06. The summed E-state index contributed by atoms with van der Waals surface area (Å²) in [7, 11) is 0. The molecule has 0 radical (unpaired) electrons. The molecule has 7 nitrogen and oxygen atoms in total. The monoisotopic (exact) mass is 312 g/mol. The highest BCUT2D eigenvalue weighted by Gasteiger charge is 2.11. The molecule has 120 valence electrons. The van der Waals surface area contributed by atoms with Gasteiger partial charge in [0, 0.05) is 12.1 Å². The van der Waals surface area contributed by atoms with Crippen LogP contribution in [-0.2, 0) is 13.0 Å². The maximum absolute atomic E-state index is 5.24. The normalized spacial score (nSPS) is 11.3. The zero-order valence-electron chi connectivity index (χ0n) is 13.8. The number of fused-ring (bicyclic) bond motifs is 1. The van der Waals surface area contributed by atoms with Crippen LogP contribution in [-0.4, -0.2) is 25.1 Å². The van der Waals surface area contributed by atoms with Crippen LogP contribution in [0.5, 0.6) is 0 Å². The van der Waals surface area contributed by atoms with Gasteiger partial charge in [-0.25, -0.2) is 15.0 Å². The Bertz CT molecular complexity index is 827. The number of hydrogen-bond donors (Lipinski definition) is 1. The van der Waals surface area contributed by atoms with Crippen molar-refractivity contribution >= 4 is 16.9 Å². The van der Waals surface area contributed by atoms with Gasteiger partial charge in [0.2, 0.25) is 5.89 Å². The maximum Gasteiger partial charge on any atom is 0.226 e. The summed E-state index contributed by atoms with van der Waals surface area (Å²) >= 11 is 0. The third-order valence-electron chi connectivity index (χ3n) is 3.44. The standard InChI is InChI=1S/C16H20N6O/c1-9(2)5-13-21-12(22-23-13)7-17-15-14-10(3)6-11(4)20-16(14)19-8-18-15/h6,8-9H,5,7H2,1-4H3,(H,17,18,19,20). The molecule has 0 fully saturated rings. The topological polar surface area (TPSA) is 89.6 Å². The summed E-state index contributed by atoms with van der Waals surface area (Å²) < 4.78 is 5.24. The third-order valence-corrected chi connectivity index (χ3v) is 3.44. The summed E-state index contributed by atoms with van der Waals surface area (Å²) in [5, 5.41) is 8.17. The highest BCUT2D eigenvalue weighted by Crippen LogP contribution is 2.22. The van der Waals surface area contributed by atoms with E-state index < -0.39 is 0 Å². The van der Waals surface area contributed by atoms with Gasteiger partial charge in [-0.1, -0.05) is 19.0 Å². The van der Waals surface area contributed by atoms with Crippen molar-refractivity contribution in [3.63, 3.8) is 0 Å². The Morgan fingerprint density at radius 1 is 1.17 bits per heavy atom. The molecule has 0 aliphatic heterocycles. The number of aryl methyl sites for hydroxylation is 2. The second-order valence-corrected chi connectivity index (χ2v) is 6.06. The first kappa shape index (κ1) is 15.3. The van der Waals surface area contributed by atoms with Crippen LogP contribution in [0.15, 0.2) is 16.9 Å². The molecule has 3 heterocycles. The van der Waals surface area contributed by atoms with Gasteiger partial charge in [-0.3, -0.25) is 0 Å². The Morgan fingerprint density at radius 3 is 2.78 bits per heavy atom. The second-order valence-electron chi connectivity index (χ2n) is 6.06. The first-order valence-electron chi connectivity index (χ1n) is 7.67. The van der Waals surface area contributed by atoms with Crippen LogP contribution in [0.25, 0.3) is 11.0 Å². The Kier molecular flexibility index (Phi) is 4.18. The molecule has 0 spiro atoms. The fourth-order valence-corrected chi connectivity index (χ4v) is 2.50. The summed E-state index contributed by atoms with van der Waals surface area (Å²) in [6.45, 7) is 8.67. The fourth-order valence-electron chi connectivity index (χ4n) is 2.50. The van der Waals surface area contributed by atoms with E-state index >= 15 is 0 Å². The third kappa shape index (κ3) is 3.44. The molecular weight excluding hydrogens is 292 g/mol. The van der Waals surface area contributed by atoms with Crippen LogP contribution in [0.3, 0.4) is 0 Å². The van der Waals surface area contributed by atoms with Crippen LogP contribution < -0.4 is 5.32 Å². The number of nitrogens with one attached hydrogen (secondary N) is 1. The lowest BCUT2D eigenvalue weighted by atomic mass is 10.1. The predicted molar refractivity (Wildman–Crippen MR) is 87.0 cm³/mol. The summed E-state index contributed by atoms with van der Waals surface area (Å²) in [5.41, 5.74) is 2.72. The van der Waals surface area contributed by atoms with Crippen LogP contribution in [0.1, 0.15) is 36.8 Å². The molecule has 0 bridgehead atoms. The minimum Gasteiger partial charge on any atom is -0.362 e. The molecule has 3 aromatic rings. The van der Waals surface area contributed by atoms with Crippen molar-refractivity contribution in [2.45, 2.75) is 40.7 Å². The van der Waals surface area contributed by atoms with Crippen molar-refractivity contribution in [1.82, 2.24) is 25.1 Å². The number of pyridine rings is 1. The summed E-state index contributed by atoms with van der Waals surface area (Å²) in [6, 6.07) is 2.02. The molecule has 0 saturated heterocycles. The van der Waals surface area contributed by atoms with E-state index in [9.17, 15) is 0 Å². The van der Waals surface area contributed by atoms with E-state index in [2.05, 4.69) is 44.3 Å². The van der Waals surface area contributed by atoms with Gasteiger partial charge in [0.15, 0.2) is 11.5 Å². The molecule has 0 aliphatic carbocycles. The highest BCUT2D eigenvalue weighted by atomic mass is 16.5. The smallest absolute Gasteiger partial charge is 0.226 e.